The quantitative estimate of drug-likeness (QED) is 0.861. The van der Waals surface area contributed by atoms with Crippen molar-refractivity contribution in [3.8, 4) is 0 Å². The molecule has 7 heteroatoms. The molecule has 0 saturated carbocycles. The molecule has 0 spiro atoms. The van der Waals surface area contributed by atoms with E-state index in [4.69, 9.17) is 34.8 Å². The lowest BCUT2D eigenvalue weighted by atomic mass is 10.2. The van der Waals surface area contributed by atoms with Crippen molar-refractivity contribution in [3.63, 3.8) is 0 Å². The molecule has 0 aromatic carbocycles. The highest BCUT2D eigenvalue weighted by molar-refractivity contribution is 6.35. The zero-order valence-electron chi connectivity index (χ0n) is 8.82. The molecule has 0 aliphatic heterocycles. The number of carbonyl (C=O) groups excluding carboxylic acids is 1. The van der Waals surface area contributed by atoms with E-state index >= 15 is 0 Å². The highest BCUT2D eigenvalue weighted by Gasteiger charge is 2.12. The number of halogens is 3. The van der Waals surface area contributed by atoms with E-state index in [-0.39, 0.29) is 10.7 Å². The van der Waals surface area contributed by atoms with Gasteiger partial charge in [0, 0.05) is 12.4 Å². The number of amides is 1. The van der Waals surface area contributed by atoms with Gasteiger partial charge in [0.15, 0.2) is 0 Å². The second-order valence-corrected chi connectivity index (χ2v) is 4.54. The van der Waals surface area contributed by atoms with Gasteiger partial charge in [0.1, 0.15) is 11.0 Å². The van der Waals surface area contributed by atoms with Crippen LogP contribution in [0.5, 0.6) is 0 Å². The number of pyridine rings is 2. The Bertz CT molecular complexity index is 587. The average Bonchev–Trinajstić information content (AvgIpc) is 2.35. The van der Waals surface area contributed by atoms with E-state index < -0.39 is 5.91 Å². The summed E-state index contributed by atoms with van der Waals surface area (Å²) in [6, 6.07) is 4.62. The minimum atomic E-state index is -0.440. The van der Waals surface area contributed by atoms with Crippen LogP contribution in [-0.4, -0.2) is 15.9 Å². The van der Waals surface area contributed by atoms with E-state index in [0.29, 0.717) is 15.9 Å². The Labute approximate surface area is 118 Å². The summed E-state index contributed by atoms with van der Waals surface area (Å²) in [5.41, 5.74) is 0.181. The number of nitrogens with zero attached hydrogens (tertiary/aromatic N) is 2. The molecular formula is C11H6Cl3N3O. The maximum Gasteiger partial charge on any atom is 0.259 e. The van der Waals surface area contributed by atoms with Crippen molar-refractivity contribution < 1.29 is 4.79 Å². The highest BCUT2D eigenvalue weighted by atomic mass is 35.5. The van der Waals surface area contributed by atoms with Crippen molar-refractivity contribution in [2.24, 2.45) is 0 Å². The first-order valence-corrected chi connectivity index (χ1v) is 5.93. The number of hydrogen-bond acceptors (Lipinski definition) is 3. The highest BCUT2D eigenvalue weighted by Crippen LogP contribution is 2.19. The first-order chi connectivity index (χ1) is 8.56. The van der Waals surface area contributed by atoms with Gasteiger partial charge in [0.05, 0.1) is 15.6 Å². The average molecular weight is 303 g/mol. The largest absolute Gasteiger partial charge is 0.306 e. The van der Waals surface area contributed by atoms with Crippen LogP contribution in [0.3, 0.4) is 0 Å². The fourth-order valence-electron chi connectivity index (χ4n) is 1.22. The fourth-order valence-corrected chi connectivity index (χ4v) is 1.67. The van der Waals surface area contributed by atoms with Crippen molar-refractivity contribution in [1.82, 2.24) is 9.97 Å². The van der Waals surface area contributed by atoms with E-state index in [2.05, 4.69) is 15.3 Å². The lowest BCUT2D eigenvalue weighted by molar-refractivity contribution is 0.102. The number of hydrogen-bond donors (Lipinski definition) is 1. The van der Waals surface area contributed by atoms with Gasteiger partial charge in [0.2, 0.25) is 0 Å². The van der Waals surface area contributed by atoms with E-state index in [1.165, 1.54) is 18.5 Å². The first kappa shape index (κ1) is 13.1. The predicted molar refractivity (Wildman–Crippen MR) is 71.5 cm³/mol. The van der Waals surface area contributed by atoms with Gasteiger partial charge < -0.3 is 5.32 Å². The normalized spacial score (nSPS) is 10.2. The summed E-state index contributed by atoms with van der Waals surface area (Å²) in [5, 5.41) is 3.45. The summed E-state index contributed by atoms with van der Waals surface area (Å²) >= 11 is 17.2. The molecule has 2 rings (SSSR count). The Morgan fingerprint density at radius 2 is 1.78 bits per heavy atom. The Balaban J connectivity index is 2.21. The minimum absolute atomic E-state index is 0.0749. The molecule has 0 aliphatic rings. The first-order valence-electron chi connectivity index (χ1n) is 4.80. The number of carbonyl (C=O) groups is 1. The number of nitrogens with one attached hydrogen (secondary N) is 1. The van der Waals surface area contributed by atoms with E-state index in [0.717, 1.165) is 0 Å². The van der Waals surface area contributed by atoms with Gasteiger partial charge >= 0.3 is 0 Å². The predicted octanol–water partition coefficient (Wildman–Crippen LogP) is 3.69. The molecule has 2 aromatic heterocycles. The van der Waals surface area contributed by atoms with Crippen LogP contribution >= 0.6 is 34.8 Å². The van der Waals surface area contributed by atoms with Crippen LogP contribution in [-0.2, 0) is 0 Å². The second kappa shape index (κ2) is 5.52. The van der Waals surface area contributed by atoms with E-state index in [9.17, 15) is 4.79 Å². The van der Waals surface area contributed by atoms with Gasteiger partial charge in [-0.25, -0.2) is 9.97 Å². The molecule has 0 saturated heterocycles. The summed E-state index contributed by atoms with van der Waals surface area (Å²) in [7, 11) is 0. The van der Waals surface area contributed by atoms with Crippen LogP contribution in [0.1, 0.15) is 10.4 Å². The zero-order chi connectivity index (χ0) is 13.1. The van der Waals surface area contributed by atoms with Crippen molar-refractivity contribution in [3.05, 3.63) is 51.4 Å². The maximum atomic E-state index is 11.9. The third kappa shape index (κ3) is 3.10. The Morgan fingerprint density at radius 3 is 2.44 bits per heavy atom. The van der Waals surface area contributed by atoms with E-state index in [1.54, 1.807) is 12.1 Å². The van der Waals surface area contributed by atoms with Crippen LogP contribution in [0.2, 0.25) is 15.2 Å². The smallest absolute Gasteiger partial charge is 0.259 e. The topological polar surface area (TPSA) is 54.9 Å². The van der Waals surface area contributed by atoms with Gasteiger partial charge in [-0.1, -0.05) is 34.8 Å². The molecular weight excluding hydrogens is 296 g/mol. The fraction of sp³-hybridized carbons (Fsp3) is 0. The van der Waals surface area contributed by atoms with Gasteiger partial charge in [-0.15, -0.1) is 0 Å². The van der Waals surface area contributed by atoms with Gasteiger partial charge in [-0.2, -0.15) is 0 Å². The molecule has 18 heavy (non-hydrogen) atoms. The molecule has 0 aliphatic carbocycles. The minimum Gasteiger partial charge on any atom is -0.306 e. The standard InChI is InChI=1S/C11H6Cl3N3O/c12-6-1-2-9(15-4-6)17-11(18)8-3-7(13)5-16-10(8)14/h1-5H,(H,15,17,18). The summed E-state index contributed by atoms with van der Waals surface area (Å²) in [6.45, 7) is 0. The Hall–Kier alpha value is -1.36. The summed E-state index contributed by atoms with van der Waals surface area (Å²) in [6.07, 6.45) is 2.79. The van der Waals surface area contributed by atoms with Crippen LogP contribution in [0.15, 0.2) is 30.6 Å². The van der Waals surface area contributed by atoms with Gasteiger partial charge in [-0.3, -0.25) is 4.79 Å². The van der Waals surface area contributed by atoms with Crippen molar-refractivity contribution in [2.45, 2.75) is 0 Å². The molecule has 2 aromatic rings. The Morgan fingerprint density at radius 1 is 1.06 bits per heavy atom. The number of aromatic nitrogens is 2. The summed E-state index contributed by atoms with van der Waals surface area (Å²) < 4.78 is 0. The molecule has 4 nitrogen and oxygen atoms in total. The SMILES string of the molecule is O=C(Nc1ccc(Cl)cn1)c1cc(Cl)cnc1Cl. The summed E-state index contributed by atoms with van der Waals surface area (Å²) in [4.78, 5) is 19.6. The number of rotatable bonds is 2. The molecule has 0 unspecified atom stereocenters. The molecule has 0 bridgehead atoms. The van der Waals surface area contributed by atoms with Gasteiger partial charge in [0.25, 0.3) is 5.91 Å². The van der Waals surface area contributed by atoms with Crippen LogP contribution < -0.4 is 5.32 Å². The van der Waals surface area contributed by atoms with Crippen LogP contribution in [0, 0.1) is 0 Å². The van der Waals surface area contributed by atoms with Crippen LogP contribution in [0.25, 0.3) is 0 Å². The van der Waals surface area contributed by atoms with Crippen LogP contribution in [0.4, 0.5) is 5.82 Å². The maximum absolute atomic E-state index is 11.9. The molecule has 0 fully saturated rings. The van der Waals surface area contributed by atoms with Crippen molar-refractivity contribution >= 4 is 46.5 Å². The third-order valence-corrected chi connectivity index (χ3v) is 2.75. The summed E-state index contributed by atoms with van der Waals surface area (Å²) in [5.74, 6) is -0.0785. The molecule has 0 atom stereocenters. The molecule has 1 amide bonds. The van der Waals surface area contributed by atoms with Crippen molar-refractivity contribution in [2.75, 3.05) is 5.32 Å². The molecule has 0 radical (unpaired) electrons. The van der Waals surface area contributed by atoms with Gasteiger partial charge in [-0.05, 0) is 18.2 Å². The van der Waals surface area contributed by atoms with E-state index in [1.807, 2.05) is 0 Å². The lowest BCUT2D eigenvalue weighted by Gasteiger charge is -2.05. The molecule has 2 heterocycles. The molecule has 92 valence electrons. The monoisotopic (exact) mass is 301 g/mol. The molecule has 1 N–H and O–H groups in total. The number of anilines is 1. The Kier molecular flexibility index (Phi) is 4.01. The van der Waals surface area contributed by atoms with Crippen molar-refractivity contribution in [1.29, 1.82) is 0 Å². The zero-order valence-corrected chi connectivity index (χ0v) is 11.1. The second-order valence-electron chi connectivity index (χ2n) is 3.31. The third-order valence-electron chi connectivity index (χ3n) is 2.02. The lowest BCUT2D eigenvalue weighted by Crippen LogP contribution is -2.13.